The van der Waals surface area contributed by atoms with E-state index in [1.165, 1.54) is 0 Å². The number of carbonyl (C=O) groups is 1. The van der Waals surface area contributed by atoms with Gasteiger partial charge in [0, 0.05) is 5.69 Å². The number of nitrogens with one attached hydrogen (secondary N) is 1. The molecule has 1 saturated carbocycles. The van der Waals surface area contributed by atoms with Crippen molar-refractivity contribution in [2.75, 3.05) is 5.32 Å². The van der Waals surface area contributed by atoms with Crippen molar-refractivity contribution in [2.24, 2.45) is 0 Å². The highest BCUT2D eigenvalue weighted by Crippen LogP contribution is 2.29. The normalized spacial score (nSPS) is 19.9. The van der Waals surface area contributed by atoms with E-state index in [1.807, 2.05) is 19.1 Å². The average molecular weight is 365 g/mol. The van der Waals surface area contributed by atoms with Crippen molar-refractivity contribution in [3.8, 4) is 11.8 Å². The van der Waals surface area contributed by atoms with Crippen LogP contribution in [-0.4, -0.2) is 23.3 Å². The minimum Gasteiger partial charge on any atom is -0.548 e. The van der Waals surface area contributed by atoms with Crippen molar-refractivity contribution in [3.05, 3.63) is 59.2 Å². The smallest absolute Gasteiger partial charge is 0.124 e. The van der Waals surface area contributed by atoms with E-state index >= 15 is 0 Å². The molecule has 1 fully saturated rings. The third kappa shape index (κ3) is 4.57. The lowest BCUT2D eigenvalue weighted by atomic mass is 10.0. The Kier molecular flexibility index (Phi) is 5.63. The number of ether oxygens (including phenoxy) is 1. The molecular formula is C21H21N2O4-. The van der Waals surface area contributed by atoms with Gasteiger partial charge in [0.15, 0.2) is 0 Å². The Morgan fingerprint density at radius 2 is 2.04 bits per heavy atom. The fourth-order valence-corrected chi connectivity index (χ4v) is 3.32. The third-order valence-electron chi connectivity index (χ3n) is 4.67. The maximum Gasteiger partial charge on any atom is 0.124 e. The molecule has 3 rings (SSSR count). The Hall–Kier alpha value is -3.04. The van der Waals surface area contributed by atoms with Crippen molar-refractivity contribution in [3.63, 3.8) is 0 Å². The van der Waals surface area contributed by atoms with Gasteiger partial charge in [0.1, 0.15) is 11.9 Å². The van der Waals surface area contributed by atoms with Crippen LogP contribution in [0, 0.1) is 18.3 Å². The van der Waals surface area contributed by atoms with E-state index < -0.39 is 18.1 Å². The van der Waals surface area contributed by atoms with Gasteiger partial charge in [0.25, 0.3) is 0 Å². The maximum absolute atomic E-state index is 11.7. The molecule has 6 heteroatoms. The van der Waals surface area contributed by atoms with Crippen LogP contribution in [0.25, 0.3) is 0 Å². The zero-order valence-electron chi connectivity index (χ0n) is 15.0. The number of rotatable bonds is 6. The molecule has 27 heavy (non-hydrogen) atoms. The summed E-state index contributed by atoms with van der Waals surface area (Å²) in [5.74, 6) is -0.736. The molecule has 1 aliphatic rings. The van der Waals surface area contributed by atoms with Gasteiger partial charge in [-0.25, -0.2) is 0 Å². The summed E-state index contributed by atoms with van der Waals surface area (Å²) in [4.78, 5) is 11.7. The van der Waals surface area contributed by atoms with Crippen molar-refractivity contribution in [1.29, 1.82) is 5.26 Å². The zero-order chi connectivity index (χ0) is 19.4. The molecule has 3 atom stereocenters. The van der Waals surface area contributed by atoms with E-state index in [0.29, 0.717) is 29.0 Å². The number of nitriles is 1. The summed E-state index contributed by atoms with van der Waals surface area (Å²) in [6.45, 7) is 1.86. The largest absolute Gasteiger partial charge is 0.548 e. The number of nitrogens with zero attached hydrogens (tertiary/aromatic N) is 1. The number of aliphatic hydroxyl groups is 1. The Bertz CT molecular complexity index is 857. The highest BCUT2D eigenvalue weighted by Gasteiger charge is 2.27. The number of benzene rings is 2. The van der Waals surface area contributed by atoms with Crippen molar-refractivity contribution < 1.29 is 19.7 Å². The second-order valence-electron chi connectivity index (χ2n) is 6.82. The monoisotopic (exact) mass is 365 g/mol. The topological polar surface area (TPSA) is 105 Å². The van der Waals surface area contributed by atoms with Gasteiger partial charge in [-0.3, -0.25) is 0 Å². The van der Waals surface area contributed by atoms with Crippen LogP contribution in [0.15, 0.2) is 42.5 Å². The first kappa shape index (κ1) is 18.7. The van der Waals surface area contributed by atoms with E-state index in [4.69, 9.17) is 10.00 Å². The van der Waals surface area contributed by atoms with E-state index in [0.717, 1.165) is 18.4 Å². The highest BCUT2D eigenvalue weighted by molar-refractivity contribution is 5.78. The summed E-state index contributed by atoms with van der Waals surface area (Å²) >= 11 is 0. The van der Waals surface area contributed by atoms with Gasteiger partial charge >= 0.3 is 0 Å². The van der Waals surface area contributed by atoms with E-state index in [9.17, 15) is 15.0 Å². The van der Waals surface area contributed by atoms with E-state index in [-0.39, 0.29) is 6.10 Å². The first-order valence-electron chi connectivity index (χ1n) is 8.90. The fraction of sp³-hybridized carbons (Fsp3) is 0.333. The second-order valence-corrected chi connectivity index (χ2v) is 6.82. The minimum absolute atomic E-state index is 0.271. The predicted molar refractivity (Wildman–Crippen MR) is 98.0 cm³/mol. The van der Waals surface area contributed by atoms with Crippen molar-refractivity contribution in [1.82, 2.24) is 0 Å². The Balaban J connectivity index is 1.83. The highest BCUT2D eigenvalue weighted by atomic mass is 16.5. The quantitative estimate of drug-likeness (QED) is 0.812. The van der Waals surface area contributed by atoms with Crippen LogP contribution in [-0.2, 0) is 4.79 Å². The standard InChI is InChI=1S/C21H22N2O4/c1-13-9-15(11-17(10-13)27-19-4-2-3-18(19)24)20(21(25)26)23-16-7-5-14(12-22)6-8-16/h5-11,18-20,23-24H,2-4H2,1H3,(H,25,26)/p-1. The van der Waals surface area contributed by atoms with E-state index in [1.54, 1.807) is 36.4 Å². The number of aryl methyl sites for hydroxylation is 1. The first-order chi connectivity index (χ1) is 13.0. The Morgan fingerprint density at radius 3 is 2.63 bits per heavy atom. The Morgan fingerprint density at radius 1 is 1.30 bits per heavy atom. The van der Waals surface area contributed by atoms with Crippen LogP contribution < -0.4 is 15.2 Å². The van der Waals surface area contributed by atoms with Gasteiger partial charge in [-0.2, -0.15) is 5.26 Å². The van der Waals surface area contributed by atoms with Crippen LogP contribution in [0.3, 0.4) is 0 Å². The SMILES string of the molecule is Cc1cc(OC2CCCC2O)cc(C(Nc2ccc(C#N)cc2)C(=O)[O-])c1. The average Bonchev–Trinajstić information content (AvgIpc) is 3.04. The molecule has 0 radical (unpaired) electrons. The summed E-state index contributed by atoms with van der Waals surface area (Å²) in [6, 6.07) is 12.7. The number of carboxylic acid groups (broad SMARTS) is 1. The molecule has 0 aromatic heterocycles. The van der Waals surface area contributed by atoms with Gasteiger partial charge in [-0.15, -0.1) is 0 Å². The molecule has 0 amide bonds. The lowest BCUT2D eigenvalue weighted by molar-refractivity contribution is -0.307. The molecule has 2 aromatic rings. The van der Waals surface area contributed by atoms with Gasteiger partial charge in [0.2, 0.25) is 0 Å². The molecule has 2 N–H and O–H groups in total. The molecule has 0 bridgehead atoms. The Labute approximate surface area is 158 Å². The van der Waals surface area contributed by atoms with Crippen molar-refractivity contribution >= 4 is 11.7 Å². The molecule has 0 saturated heterocycles. The summed E-state index contributed by atoms with van der Waals surface area (Å²) in [5, 5.41) is 33.5. The summed E-state index contributed by atoms with van der Waals surface area (Å²) in [6.07, 6.45) is 1.63. The minimum atomic E-state index is -1.27. The van der Waals surface area contributed by atoms with Gasteiger partial charge < -0.3 is 25.1 Å². The summed E-state index contributed by atoms with van der Waals surface area (Å²) in [7, 11) is 0. The number of hydrogen-bond acceptors (Lipinski definition) is 6. The molecular weight excluding hydrogens is 344 g/mol. The van der Waals surface area contributed by atoms with Gasteiger partial charge in [-0.1, -0.05) is 6.07 Å². The number of carboxylic acids is 1. The molecule has 2 aromatic carbocycles. The molecule has 6 nitrogen and oxygen atoms in total. The number of anilines is 1. The van der Waals surface area contributed by atoms with Crippen LogP contribution in [0.4, 0.5) is 5.69 Å². The van der Waals surface area contributed by atoms with E-state index in [2.05, 4.69) is 5.32 Å². The van der Waals surface area contributed by atoms with Gasteiger partial charge in [0.05, 0.1) is 29.7 Å². The van der Waals surface area contributed by atoms with Crippen molar-refractivity contribution in [2.45, 2.75) is 44.4 Å². The van der Waals surface area contributed by atoms with Crippen LogP contribution in [0.2, 0.25) is 0 Å². The zero-order valence-corrected chi connectivity index (χ0v) is 15.0. The first-order valence-corrected chi connectivity index (χ1v) is 8.90. The second kappa shape index (κ2) is 8.11. The molecule has 3 unspecified atom stereocenters. The van der Waals surface area contributed by atoms with Crippen LogP contribution in [0.5, 0.6) is 5.75 Å². The molecule has 0 heterocycles. The molecule has 1 aliphatic carbocycles. The lowest BCUT2D eigenvalue weighted by Gasteiger charge is -2.24. The molecule has 0 spiro atoms. The summed E-state index contributed by atoms with van der Waals surface area (Å²) < 4.78 is 5.89. The van der Waals surface area contributed by atoms with Crippen LogP contribution >= 0.6 is 0 Å². The van der Waals surface area contributed by atoms with Crippen LogP contribution in [0.1, 0.15) is 42.0 Å². The molecule has 140 valence electrons. The third-order valence-corrected chi connectivity index (χ3v) is 4.67. The van der Waals surface area contributed by atoms with Gasteiger partial charge in [-0.05, 0) is 73.7 Å². The molecule has 0 aliphatic heterocycles. The number of aliphatic hydroxyl groups excluding tert-OH is 1. The fourth-order valence-electron chi connectivity index (χ4n) is 3.32. The maximum atomic E-state index is 11.7. The predicted octanol–water partition coefficient (Wildman–Crippen LogP) is 2.06. The number of carbonyl (C=O) groups excluding carboxylic acids is 1. The number of hydrogen-bond donors (Lipinski definition) is 2. The summed E-state index contributed by atoms with van der Waals surface area (Å²) in [5.41, 5.74) is 2.41. The lowest BCUT2D eigenvalue weighted by Crippen LogP contribution is -2.34. The number of aliphatic carboxylic acids is 1.